The molecule has 0 fully saturated rings. The van der Waals surface area contributed by atoms with Crippen molar-refractivity contribution in [2.24, 2.45) is 0 Å². The zero-order valence-electron chi connectivity index (χ0n) is 16.0. The van der Waals surface area contributed by atoms with Gasteiger partial charge in [-0.2, -0.15) is 0 Å². The van der Waals surface area contributed by atoms with Crippen LogP contribution in [-0.4, -0.2) is 24.9 Å². The first kappa shape index (κ1) is 17.3. The highest BCUT2D eigenvalue weighted by Gasteiger charge is 2.16. The van der Waals surface area contributed by atoms with Crippen LogP contribution in [0.4, 0.5) is 0 Å². The maximum Gasteiger partial charge on any atom is 0.111 e. The molecule has 0 spiro atoms. The van der Waals surface area contributed by atoms with E-state index in [0.29, 0.717) is 6.42 Å². The Morgan fingerprint density at radius 1 is 0.897 bits per heavy atom. The molecular weight excluding hydrogens is 358 g/mol. The summed E-state index contributed by atoms with van der Waals surface area (Å²) >= 11 is 0. The van der Waals surface area contributed by atoms with Gasteiger partial charge in [0.15, 0.2) is 0 Å². The van der Waals surface area contributed by atoms with Crippen LogP contribution in [0.15, 0.2) is 79.3 Å². The summed E-state index contributed by atoms with van der Waals surface area (Å²) in [6.45, 7) is 2.00. The third-order valence-electron chi connectivity index (χ3n) is 4.87. The molecular formula is C24H19N5. The average Bonchev–Trinajstić information content (AvgIpc) is 3.18. The van der Waals surface area contributed by atoms with Crippen LogP contribution in [-0.2, 0) is 6.42 Å². The molecule has 140 valence electrons. The minimum Gasteiger partial charge on any atom is -0.340 e. The van der Waals surface area contributed by atoms with E-state index in [1.54, 1.807) is 6.20 Å². The molecule has 0 radical (unpaired) electrons. The maximum atomic E-state index is 4.94. The fourth-order valence-electron chi connectivity index (χ4n) is 3.50. The fourth-order valence-corrected chi connectivity index (χ4v) is 3.50. The zero-order chi connectivity index (χ0) is 19.6. The molecule has 5 rings (SSSR count). The highest BCUT2D eigenvalue weighted by molar-refractivity contribution is 5.86. The summed E-state index contributed by atoms with van der Waals surface area (Å²) in [6, 6.07) is 20.3. The van der Waals surface area contributed by atoms with Crippen LogP contribution < -0.4 is 0 Å². The van der Waals surface area contributed by atoms with Gasteiger partial charge in [-0.15, -0.1) is 0 Å². The van der Waals surface area contributed by atoms with Gasteiger partial charge >= 0.3 is 0 Å². The van der Waals surface area contributed by atoms with Crippen molar-refractivity contribution in [1.82, 2.24) is 24.9 Å². The van der Waals surface area contributed by atoms with Gasteiger partial charge in [0, 0.05) is 41.7 Å². The Balaban J connectivity index is 1.65. The van der Waals surface area contributed by atoms with Crippen LogP contribution in [0.25, 0.3) is 33.5 Å². The lowest BCUT2D eigenvalue weighted by atomic mass is 10.1. The number of hydrogen-bond donors (Lipinski definition) is 1. The van der Waals surface area contributed by atoms with E-state index in [-0.39, 0.29) is 0 Å². The first-order valence-corrected chi connectivity index (χ1v) is 9.53. The van der Waals surface area contributed by atoms with Crippen molar-refractivity contribution >= 4 is 10.9 Å². The van der Waals surface area contributed by atoms with E-state index >= 15 is 0 Å². The molecule has 0 bridgehead atoms. The Labute approximate surface area is 168 Å². The Morgan fingerprint density at radius 2 is 1.83 bits per heavy atom. The molecule has 5 heteroatoms. The van der Waals surface area contributed by atoms with Crippen LogP contribution in [0.1, 0.15) is 17.1 Å². The van der Waals surface area contributed by atoms with Crippen LogP contribution in [0, 0.1) is 6.92 Å². The summed E-state index contributed by atoms with van der Waals surface area (Å²) < 4.78 is 0. The van der Waals surface area contributed by atoms with Crippen molar-refractivity contribution in [3.8, 4) is 22.6 Å². The number of rotatable bonds is 4. The second-order valence-corrected chi connectivity index (χ2v) is 7.02. The van der Waals surface area contributed by atoms with E-state index < -0.39 is 0 Å². The lowest BCUT2D eigenvalue weighted by Gasteiger charge is -2.05. The average molecular weight is 377 g/mol. The maximum absolute atomic E-state index is 4.94. The second-order valence-electron chi connectivity index (χ2n) is 7.02. The summed E-state index contributed by atoms with van der Waals surface area (Å²) in [6.07, 6.45) is 6.14. The van der Waals surface area contributed by atoms with E-state index in [1.165, 1.54) is 0 Å². The van der Waals surface area contributed by atoms with Gasteiger partial charge < -0.3 is 4.98 Å². The van der Waals surface area contributed by atoms with Crippen molar-refractivity contribution in [2.75, 3.05) is 0 Å². The van der Waals surface area contributed by atoms with Crippen molar-refractivity contribution in [3.63, 3.8) is 0 Å². The number of nitrogens with one attached hydrogen (secondary N) is 1. The van der Waals surface area contributed by atoms with Gasteiger partial charge in [0.25, 0.3) is 0 Å². The van der Waals surface area contributed by atoms with Crippen LogP contribution in [0.5, 0.6) is 0 Å². The van der Waals surface area contributed by atoms with E-state index in [4.69, 9.17) is 9.97 Å². The highest BCUT2D eigenvalue weighted by atomic mass is 15.0. The molecule has 0 atom stereocenters. The number of nitrogens with zero attached hydrogens (tertiary/aromatic N) is 4. The third-order valence-corrected chi connectivity index (χ3v) is 4.87. The van der Waals surface area contributed by atoms with E-state index in [1.807, 2.05) is 55.7 Å². The second kappa shape index (κ2) is 7.28. The zero-order valence-corrected chi connectivity index (χ0v) is 16.0. The molecule has 5 aromatic rings. The Bertz CT molecular complexity index is 1290. The van der Waals surface area contributed by atoms with Crippen molar-refractivity contribution in [3.05, 3.63) is 96.3 Å². The lowest BCUT2D eigenvalue weighted by molar-refractivity contribution is 1.01. The third kappa shape index (κ3) is 3.50. The molecule has 0 aliphatic rings. The Morgan fingerprint density at radius 3 is 2.69 bits per heavy atom. The molecule has 0 aliphatic heterocycles. The highest BCUT2D eigenvalue weighted by Crippen LogP contribution is 2.31. The minimum absolute atomic E-state index is 0.682. The van der Waals surface area contributed by atoms with Crippen molar-refractivity contribution < 1.29 is 0 Å². The monoisotopic (exact) mass is 377 g/mol. The minimum atomic E-state index is 0.682. The first-order valence-electron chi connectivity index (χ1n) is 9.53. The quantitative estimate of drug-likeness (QED) is 0.480. The van der Waals surface area contributed by atoms with Gasteiger partial charge in [0.05, 0.1) is 22.6 Å². The molecule has 0 unspecified atom stereocenters. The van der Waals surface area contributed by atoms with Gasteiger partial charge in [-0.3, -0.25) is 15.0 Å². The summed E-state index contributed by atoms with van der Waals surface area (Å²) in [4.78, 5) is 21.8. The van der Waals surface area contributed by atoms with Crippen molar-refractivity contribution in [1.29, 1.82) is 0 Å². The number of hydrogen-bond acceptors (Lipinski definition) is 4. The summed E-state index contributed by atoms with van der Waals surface area (Å²) in [5, 5.41) is 1.09. The summed E-state index contributed by atoms with van der Waals surface area (Å²) in [5.41, 5.74) is 6.80. The number of aromatic amines is 1. The number of benzene rings is 1. The standard InChI is InChI=1S/C24H19N5/c1-16-5-2-8-21(27-16)24-23(19-9-10-20-18(14-19)7-4-12-26-20)28-22(29-24)13-17-6-3-11-25-15-17/h2-12,14-15H,13H2,1H3,(H,28,29). The largest absolute Gasteiger partial charge is 0.340 e. The molecule has 1 N–H and O–H groups in total. The number of fused-ring (bicyclic) bond motifs is 1. The van der Waals surface area contributed by atoms with Gasteiger partial charge in [-0.25, -0.2) is 4.98 Å². The molecule has 1 aromatic carbocycles. The molecule has 0 amide bonds. The van der Waals surface area contributed by atoms with Gasteiger partial charge in [-0.05, 0) is 48.9 Å². The smallest absolute Gasteiger partial charge is 0.111 e. The number of imidazole rings is 1. The molecule has 0 saturated carbocycles. The van der Waals surface area contributed by atoms with Gasteiger partial charge in [0.2, 0.25) is 0 Å². The first-order chi connectivity index (χ1) is 14.3. The predicted octanol–water partition coefficient (Wildman–Crippen LogP) is 4.98. The molecule has 4 heterocycles. The van der Waals surface area contributed by atoms with E-state index in [0.717, 1.165) is 50.6 Å². The van der Waals surface area contributed by atoms with E-state index in [2.05, 4.69) is 39.2 Å². The number of aromatic nitrogens is 5. The summed E-state index contributed by atoms with van der Waals surface area (Å²) in [5.74, 6) is 0.887. The predicted molar refractivity (Wildman–Crippen MR) is 114 cm³/mol. The fraction of sp³-hybridized carbons (Fsp3) is 0.0833. The normalized spacial score (nSPS) is 11.1. The molecule has 29 heavy (non-hydrogen) atoms. The van der Waals surface area contributed by atoms with Crippen LogP contribution >= 0.6 is 0 Å². The number of aryl methyl sites for hydroxylation is 1. The SMILES string of the molecule is Cc1cccc(-c2[nH]c(Cc3cccnc3)nc2-c2ccc3ncccc3c2)n1. The van der Waals surface area contributed by atoms with Crippen LogP contribution in [0.3, 0.4) is 0 Å². The number of pyridine rings is 3. The molecule has 4 aromatic heterocycles. The Hall–Kier alpha value is -3.86. The van der Waals surface area contributed by atoms with Gasteiger partial charge in [-0.1, -0.05) is 24.3 Å². The lowest BCUT2D eigenvalue weighted by Crippen LogP contribution is -1.91. The summed E-state index contributed by atoms with van der Waals surface area (Å²) in [7, 11) is 0. The Kier molecular flexibility index (Phi) is 4.33. The molecule has 0 aliphatic carbocycles. The number of H-pyrrole nitrogens is 1. The topological polar surface area (TPSA) is 67.3 Å². The van der Waals surface area contributed by atoms with Crippen molar-refractivity contribution in [2.45, 2.75) is 13.3 Å². The molecule has 5 nitrogen and oxygen atoms in total. The van der Waals surface area contributed by atoms with E-state index in [9.17, 15) is 0 Å². The van der Waals surface area contributed by atoms with Crippen LogP contribution in [0.2, 0.25) is 0 Å². The van der Waals surface area contributed by atoms with Gasteiger partial charge in [0.1, 0.15) is 5.82 Å². The molecule has 0 saturated heterocycles.